The molecule has 0 radical (unpaired) electrons. The van der Waals surface area contributed by atoms with Gasteiger partial charge in [-0.15, -0.1) is 0 Å². The predicted molar refractivity (Wildman–Crippen MR) is 49.9 cm³/mol. The minimum Gasteiger partial charge on any atom is -0.299 e. The summed E-state index contributed by atoms with van der Waals surface area (Å²) in [5.41, 5.74) is 0. The van der Waals surface area contributed by atoms with Crippen molar-refractivity contribution < 1.29 is 4.79 Å². The SMILES string of the molecule is CC[C@H]1S[C@@H](C)CC(=O)[C@@H]1C. The molecule has 0 bridgehead atoms. The van der Waals surface area contributed by atoms with E-state index in [0.717, 1.165) is 12.8 Å². The summed E-state index contributed by atoms with van der Waals surface area (Å²) in [7, 11) is 0. The van der Waals surface area contributed by atoms with Crippen molar-refractivity contribution in [1.29, 1.82) is 0 Å². The van der Waals surface area contributed by atoms with Crippen LogP contribution in [-0.2, 0) is 4.79 Å². The third kappa shape index (κ3) is 1.98. The molecule has 0 N–H and O–H groups in total. The largest absolute Gasteiger partial charge is 0.299 e. The maximum absolute atomic E-state index is 11.4. The fraction of sp³-hybridized carbons (Fsp3) is 0.889. The van der Waals surface area contributed by atoms with Gasteiger partial charge in [-0.2, -0.15) is 11.8 Å². The van der Waals surface area contributed by atoms with Gasteiger partial charge in [-0.1, -0.05) is 20.8 Å². The van der Waals surface area contributed by atoms with Crippen molar-refractivity contribution >= 4 is 17.5 Å². The van der Waals surface area contributed by atoms with Crippen molar-refractivity contribution in [2.75, 3.05) is 0 Å². The first-order valence-corrected chi connectivity index (χ1v) is 5.27. The molecular weight excluding hydrogens is 156 g/mol. The van der Waals surface area contributed by atoms with Gasteiger partial charge in [-0.25, -0.2) is 0 Å². The molecule has 0 saturated carbocycles. The number of rotatable bonds is 1. The van der Waals surface area contributed by atoms with Crippen LogP contribution in [0.3, 0.4) is 0 Å². The number of carbonyl (C=O) groups excluding carboxylic acids is 1. The standard InChI is InChI=1S/C9H16OS/c1-4-9-7(3)8(10)5-6(2)11-9/h6-7,9H,4-5H2,1-3H3/t6-,7-,9+/m0/s1. The average molecular weight is 172 g/mol. The summed E-state index contributed by atoms with van der Waals surface area (Å²) in [6.07, 6.45) is 1.91. The Bertz CT molecular complexity index is 156. The zero-order chi connectivity index (χ0) is 8.43. The lowest BCUT2D eigenvalue weighted by atomic mass is 9.96. The molecule has 2 heteroatoms. The molecule has 0 aromatic rings. The Morgan fingerprint density at radius 3 is 2.73 bits per heavy atom. The lowest BCUT2D eigenvalue weighted by Crippen LogP contribution is -2.31. The van der Waals surface area contributed by atoms with E-state index in [0.29, 0.717) is 22.2 Å². The van der Waals surface area contributed by atoms with Crippen molar-refractivity contribution in [3.05, 3.63) is 0 Å². The number of thioether (sulfide) groups is 1. The molecule has 1 aliphatic rings. The lowest BCUT2D eigenvalue weighted by molar-refractivity contribution is -0.122. The highest BCUT2D eigenvalue weighted by Crippen LogP contribution is 2.34. The molecule has 0 aromatic carbocycles. The van der Waals surface area contributed by atoms with Gasteiger partial charge in [0.25, 0.3) is 0 Å². The molecular formula is C9H16OS. The zero-order valence-electron chi connectivity index (χ0n) is 7.46. The van der Waals surface area contributed by atoms with Crippen LogP contribution in [0.25, 0.3) is 0 Å². The molecule has 3 atom stereocenters. The van der Waals surface area contributed by atoms with Gasteiger partial charge < -0.3 is 0 Å². The fourth-order valence-corrected chi connectivity index (χ4v) is 3.03. The molecule has 0 amide bonds. The molecule has 64 valence electrons. The normalized spacial score (nSPS) is 39.2. The molecule has 1 fully saturated rings. The monoisotopic (exact) mass is 172 g/mol. The Morgan fingerprint density at radius 1 is 1.55 bits per heavy atom. The molecule has 1 heterocycles. The smallest absolute Gasteiger partial charge is 0.137 e. The van der Waals surface area contributed by atoms with Crippen LogP contribution in [0.2, 0.25) is 0 Å². The summed E-state index contributed by atoms with van der Waals surface area (Å²) in [5, 5.41) is 1.12. The average Bonchev–Trinajstić information content (AvgIpc) is 1.96. The van der Waals surface area contributed by atoms with Crippen LogP contribution in [0, 0.1) is 5.92 Å². The fourth-order valence-electron chi connectivity index (χ4n) is 1.59. The van der Waals surface area contributed by atoms with Crippen molar-refractivity contribution in [2.24, 2.45) is 5.92 Å². The Hall–Kier alpha value is 0.0200. The van der Waals surface area contributed by atoms with E-state index < -0.39 is 0 Å². The molecule has 1 aliphatic heterocycles. The van der Waals surface area contributed by atoms with Gasteiger partial charge in [0.2, 0.25) is 0 Å². The highest BCUT2D eigenvalue weighted by Gasteiger charge is 2.30. The van der Waals surface area contributed by atoms with Gasteiger partial charge >= 0.3 is 0 Å². The first kappa shape index (κ1) is 9.11. The Kier molecular flexibility index (Phi) is 2.99. The number of carbonyl (C=O) groups is 1. The van der Waals surface area contributed by atoms with Crippen molar-refractivity contribution in [3.63, 3.8) is 0 Å². The van der Waals surface area contributed by atoms with Crippen molar-refractivity contribution in [3.8, 4) is 0 Å². The molecule has 0 aliphatic carbocycles. The number of hydrogen-bond donors (Lipinski definition) is 0. The van der Waals surface area contributed by atoms with E-state index >= 15 is 0 Å². The molecule has 1 saturated heterocycles. The second-order valence-electron chi connectivity index (χ2n) is 3.35. The molecule has 0 aromatic heterocycles. The highest BCUT2D eigenvalue weighted by molar-refractivity contribution is 8.00. The first-order chi connectivity index (χ1) is 5.15. The van der Waals surface area contributed by atoms with E-state index in [2.05, 4.69) is 20.8 Å². The third-order valence-electron chi connectivity index (χ3n) is 2.36. The predicted octanol–water partition coefficient (Wildman–Crippen LogP) is 2.50. The van der Waals surface area contributed by atoms with Gasteiger partial charge in [0.1, 0.15) is 5.78 Å². The van der Waals surface area contributed by atoms with Gasteiger partial charge in [0.15, 0.2) is 0 Å². The van der Waals surface area contributed by atoms with Gasteiger partial charge in [-0.3, -0.25) is 4.79 Å². The lowest BCUT2D eigenvalue weighted by Gasteiger charge is -2.30. The summed E-state index contributed by atoms with van der Waals surface area (Å²) in [6.45, 7) is 6.38. The summed E-state index contributed by atoms with van der Waals surface area (Å²) in [5.74, 6) is 0.754. The first-order valence-electron chi connectivity index (χ1n) is 4.33. The zero-order valence-corrected chi connectivity index (χ0v) is 8.28. The van der Waals surface area contributed by atoms with Gasteiger partial charge in [-0.05, 0) is 6.42 Å². The minimum atomic E-state index is 0.293. The Morgan fingerprint density at radius 2 is 2.18 bits per heavy atom. The molecule has 1 nitrogen and oxygen atoms in total. The van der Waals surface area contributed by atoms with E-state index in [4.69, 9.17) is 0 Å². The van der Waals surface area contributed by atoms with Crippen LogP contribution in [0.4, 0.5) is 0 Å². The molecule has 11 heavy (non-hydrogen) atoms. The van der Waals surface area contributed by atoms with E-state index in [9.17, 15) is 4.79 Å². The van der Waals surface area contributed by atoms with Crippen LogP contribution < -0.4 is 0 Å². The van der Waals surface area contributed by atoms with Crippen molar-refractivity contribution in [2.45, 2.75) is 44.1 Å². The van der Waals surface area contributed by atoms with Crippen LogP contribution in [-0.4, -0.2) is 16.3 Å². The maximum Gasteiger partial charge on any atom is 0.137 e. The summed E-state index contributed by atoms with van der Waals surface area (Å²) < 4.78 is 0. The minimum absolute atomic E-state index is 0.293. The van der Waals surface area contributed by atoms with E-state index in [1.54, 1.807) is 0 Å². The van der Waals surface area contributed by atoms with Crippen LogP contribution in [0.1, 0.15) is 33.6 Å². The van der Waals surface area contributed by atoms with E-state index in [1.165, 1.54) is 0 Å². The number of Topliss-reactive ketones (excluding diaryl/α,β-unsaturated/α-hetero) is 1. The topological polar surface area (TPSA) is 17.1 Å². The maximum atomic E-state index is 11.4. The van der Waals surface area contributed by atoms with Crippen LogP contribution in [0.5, 0.6) is 0 Å². The highest BCUT2D eigenvalue weighted by atomic mass is 32.2. The quantitative estimate of drug-likeness (QED) is 0.604. The second kappa shape index (κ2) is 3.61. The van der Waals surface area contributed by atoms with E-state index in [-0.39, 0.29) is 0 Å². The van der Waals surface area contributed by atoms with Gasteiger partial charge in [0.05, 0.1) is 0 Å². The summed E-state index contributed by atoms with van der Waals surface area (Å²) in [4.78, 5) is 11.4. The molecule has 0 unspecified atom stereocenters. The summed E-state index contributed by atoms with van der Waals surface area (Å²) >= 11 is 1.98. The number of ketones is 1. The Balaban J connectivity index is 2.58. The van der Waals surface area contributed by atoms with Crippen LogP contribution in [0.15, 0.2) is 0 Å². The van der Waals surface area contributed by atoms with E-state index in [1.807, 2.05) is 11.8 Å². The van der Waals surface area contributed by atoms with Gasteiger partial charge in [0, 0.05) is 22.8 Å². The second-order valence-corrected chi connectivity index (χ2v) is 5.03. The van der Waals surface area contributed by atoms with Crippen LogP contribution >= 0.6 is 11.8 Å². The van der Waals surface area contributed by atoms with Crippen molar-refractivity contribution in [1.82, 2.24) is 0 Å². The molecule has 1 rings (SSSR count). The number of hydrogen-bond acceptors (Lipinski definition) is 2. The molecule has 0 spiro atoms. The Labute approximate surface area is 72.9 Å². The summed E-state index contributed by atoms with van der Waals surface area (Å²) in [6, 6.07) is 0. The third-order valence-corrected chi connectivity index (χ3v) is 4.09.